The Kier molecular flexibility index (Phi) is 5.42. The first-order valence-electron chi connectivity index (χ1n) is 8.51. The van der Waals surface area contributed by atoms with Gasteiger partial charge in [-0.2, -0.15) is 20.1 Å². The van der Waals surface area contributed by atoms with Crippen LogP contribution >= 0.6 is 0 Å². The summed E-state index contributed by atoms with van der Waals surface area (Å²) >= 11 is 0. The number of carbonyl (C=O) groups excluding carboxylic acids is 1. The van der Waals surface area contributed by atoms with Crippen molar-refractivity contribution in [3.8, 4) is 11.8 Å². The van der Waals surface area contributed by atoms with Gasteiger partial charge in [-0.25, -0.2) is 5.43 Å². The fourth-order valence-electron chi connectivity index (χ4n) is 2.57. The molecule has 0 saturated heterocycles. The third-order valence-electron chi connectivity index (χ3n) is 4.12. The molecule has 1 aromatic heterocycles. The van der Waals surface area contributed by atoms with Gasteiger partial charge in [0.1, 0.15) is 11.6 Å². The molecular weight excluding hydrogens is 354 g/mol. The minimum absolute atomic E-state index is 0.0399. The predicted octanol–water partition coefficient (Wildman–Crippen LogP) is 2.48. The lowest BCUT2D eigenvalue weighted by atomic mass is 10.1. The Morgan fingerprint density at radius 2 is 1.82 bits per heavy atom. The number of hydrogen-bond donors (Lipinski definition) is 1. The van der Waals surface area contributed by atoms with Gasteiger partial charge >= 0.3 is 0 Å². The fraction of sp³-hybridized carbons (Fsp3) is 0.0952. The molecule has 3 rings (SSSR count). The Bertz CT molecular complexity index is 1140. The van der Waals surface area contributed by atoms with Gasteiger partial charge in [-0.05, 0) is 31.5 Å². The van der Waals surface area contributed by atoms with Gasteiger partial charge in [-0.15, -0.1) is 0 Å². The minimum Gasteiger partial charge on any atom is -0.266 e. The number of carbonyl (C=O) groups is 1. The van der Waals surface area contributed by atoms with E-state index >= 15 is 0 Å². The first-order valence-corrected chi connectivity index (χ1v) is 8.51. The van der Waals surface area contributed by atoms with Gasteiger partial charge in [0, 0.05) is 5.56 Å². The van der Waals surface area contributed by atoms with E-state index in [2.05, 4.69) is 15.6 Å². The van der Waals surface area contributed by atoms with Crippen LogP contribution in [0.15, 0.2) is 64.5 Å². The minimum atomic E-state index is -0.609. The SMILES string of the molecule is Cc1ccc(-n2nc(C(=O)N/N=C\c3ccccc3)c(C)c(C#N)c2=O)cc1. The lowest BCUT2D eigenvalue weighted by Crippen LogP contribution is -2.31. The van der Waals surface area contributed by atoms with Crippen LogP contribution in [0.25, 0.3) is 5.69 Å². The van der Waals surface area contributed by atoms with Crippen LogP contribution in [0.3, 0.4) is 0 Å². The first kappa shape index (κ1) is 18.7. The molecule has 2 aromatic carbocycles. The normalized spacial score (nSPS) is 10.6. The van der Waals surface area contributed by atoms with E-state index in [-0.39, 0.29) is 16.8 Å². The Morgan fingerprint density at radius 3 is 2.46 bits per heavy atom. The van der Waals surface area contributed by atoms with Crippen LogP contribution in [0.4, 0.5) is 0 Å². The van der Waals surface area contributed by atoms with Crippen molar-refractivity contribution < 1.29 is 4.79 Å². The number of nitrogens with one attached hydrogen (secondary N) is 1. The maximum absolute atomic E-state index is 12.6. The van der Waals surface area contributed by atoms with Gasteiger partial charge < -0.3 is 0 Å². The van der Waals surface area contributed by atoms with Gasteiger partial charge in [0.2, 0.25) is 0 Å². The summed E-state index contributed by atoms with van der Waals surface area (Å²) in [6.45, 7) is 3.43. The molecule has 0 spiro atoms. The molecule has 7 nitrogen and oxygen atoms in total. The zero-order valence-corrected chi connectivity index (χ0v) is 15.4. The third kappa shape index (κ3) is 3.86. The van der Waals surface area contributed by atoms with Gasteiger partial charge in [-0.3, -0.25) is 9.59 Å². The number of benzene rings is 2. The summed E-state index contributed by atoms with van der Waals surface area (Å²) in [5, 5.41) is 17.5. The number of hydrazone groups is 1. The number of aryl methyl sites for hydroxylation is 1. The Balaban J connectivity index is 1.98. The van der Waals surface area contributed by atoms with Gasteiger partial charge in [0.05, 0.1) is 11.9 Å². The molecule has 0 saturated carbocycles. The fourth-order valence-corrected chi connectivity index (χ4v) is 2.57. The average Bonchev–Trinajstić information content (AvgIpc) is 2.70. The van der Waals surface area contributed by atoms with Crippen molar-refractivity contribution in [2.75, 3.05) is 0 Å². The van der Waals surface area contributed by atoms with Crippen LogP contribution in [0, 0.1) is 25.2 Å². The van der Waals surface area contributed by atoms with E-state index in [0.29, 0.717) is 5.69 Å². The van der Waals surface area contributed by atoms with Crippen LogP contribution in [-0.4, -0.2) is 21.9 Å². The number of rotatable bonds is 4. The zero-order chi connectivity index (χ0) is 20.1. The standard InChI is InChI=1S/C21H17N5O2/c1-14-8-10-17(11-9-14)26-21(28)18(12-22)15(2)19(25-26)20(27)24-23-13-16-6-4-3-5-7-16/h3-11,13H,1-2H3,(H,24,27)/b23-13-. The van der Waals surface area contributed by atoms with Crippen molar-refractivity contribution in [3.05, 3.63) is 92.9 Å². The second kappa shape index (κ2) is 8.10. The van der Waals surface area contributed by atoms with E-state index in [1.807, 2.05) is 55.5 Å². The Hall–Kier alpha value is -4.05. The van der Waals surface area contributed by atoms with Gasteiger partial charge in [0.25, 0.3) is 11.5 Å². The van der Waals surface area contributed by atoms with Crippen molar-refractivity contribution in [1.82, 2.24) is 15.2 Å². The zero-order valence-electron chi connectivity index (χ0n) is 15.4. The van der Waals surface area contributed by atoms with Crippen LogP contribution in [0.2, 0.25) is 0 Å². The molecule has 0 aliphatic rings. The third-order valence-corrected chi connectivity index (χ3v) is 4.12. The maximum Gasteiger partial charge on any atom is 0.292 e. The molecule has 0 fully saturated rings. The molecule has 0 aliphatic heterocycles. The molecule has 1 heterocycles. The monoisotopic (exact) mass is 371 g/mol. The largest absolute Gasteiger partial charge is 0.292 e. The second-order valence-corrected chi connectivity index (χ2v) is 6.12. The van der Waals surface area contributed by atoms with E-state index in [1.54, 1.807) is 12.1 Å². The summed E-state index contributed by atoms with van der Waals surface area (Å²) < 4.78 is 1.06. The van der Waals surface area contributed by atoms with Crippen molar-refractivity contribution in [2.24, 2.45) is 5.10 Å². The highest BCUT2D eigenvalue weighted by molar-refractivity contribution is 5.94. The summed E-state index contributed by atoms with van der Waals surface area (Å²) in [6, 6.07) is 18.2. The van der Waals surface area contributed by atoms with E-state index in [9.17, 15) is 14.9 Å². The van der Waals surface area contributed by atoms with Crippen LogP contribution < -0.4 is 11.0 Å². The lowest BCUT2D eigenvalue weighted by Gasteiger charge is -2.10. The van der Waals surface area contributed by atoms with Crippen molar-refractivity contribution >= 4 is 12.1 Å². The summed E-state index contributed by atoms with van der Waals surface area (Å²) in [5.74, 6) is -0.609. The molecule has 0 atom stereocenters. The Morgan fingerprint density at radius 1 is 1.14 bits per heavy atom. The molecule has 138 valence electrons. The molecule has 0 aliphatic carbocycles. The predicted molar refractivity (Wildman–Crippen MR) is 106 cm³/mol. The van der Waals surface area contributed by atoms with E-state index in [4.69, 9.17) is 0 Å². The number of nitrogens with zero attached hydrogens (tertiary/aromatic N) is 4. The molecule has 0 radical (unpaired) electrons. The topological polar surface area (TPSA) is 100 Å². The van der Waals surface area contributed by atoms with Crippen LogP contribution in [-0.2, 0) is 0 Å². The number of aromatic nitrogens is 2. The van der Waals surface area contributed by atoms with Gasteiger partial charge in [-0.1, -0.05) is 48.0 Å². The van der Waals surface area contributed by atoms with E-state index in [0.717, 1.165) is 15.8 Å². The first-order chi connectivity index (χ1) is 13.5. The molecule has 0 unspecified atom stereocenters. The maximum atomic E-state index is 12.6. The highest BCUT2D eigenvalue weighted by Crippen LogP contribution is 2.11. The summed E-state index contributed by atoms with van der Waals surface area (Å²) in [6.07, 6.45) is 1.49. The van der Waals surface area contributed by atoms with Gasteiger partial charge in [0.15, 0.2) is 5.69 Å². The van der Waals surface area contributed by atoms with E-state index < -0.39 is 11.5 Å². The van der Waals surface area contributed by atoms with E-state index in [1.165, 1.54) is 13.1 Å². The highest BCUT2D eigenvalue weighted by atomic mass is 16.2. The molecule has 3 aromatic rings. The lowest BCUT2D eigenvalue weighted by molar-refractivity contribution is 0.0947. The number of nitriles is 1. The summed E-state index contributed by atoms with van der Waals surface area (Å²) in [5.41, 5.74) is 4.15. The smallest absolute Gasteiger partial charge is 0.266 e. The molecule has 7 heteroatoms. The Labute approximate surface area is 161 Å². The highest BCUT2D eigenvalue weighted by Gasteiger charge is 2.20. The summed E-state index contributed by atoms with van der Waals surface area (Å²) in [4.78, 5) is 25.2. The van der Waals surface area contributed by atoms with Crippen LogP contribution in [0.5, 0.6) is 0 Å². The molecule has 0 bridgehead atoms. The summed E-state index contributed by atoms with van der Waals surface area (Å²) in [7, 11) is 0. The molecule has 1 N–H and O–H groups in total. The van der Waals surface area contributed by atoms with Crippen LogP contribution in [0.1, 0.15) is 32.7 Å². The second-order valence-electron chi connectivity index (χ2n) is 6.12. The van der Waals surface area contributed by atoms with Crippen molar-refractivity contribution in [2.45, 2.75) is 13.8 Å². The molecule has 1 amide bonds. The average molecular weight is 371 g/mol. The quantitative estimate of drug-likeness (QED) is 0.562. The number of hydrogen-bond acceptors (Lipinski definition) is 5. The molecular formula is C21H17N5O2. The van der Waals surface area contributed by atoms with Crippen molar-refractivity contribution in [1.29, 1.82) is 5.26 Å². The molecule has 28 heavy (non-hydrogen) atoms. The van der Waals surface area contributed by atoms with Crippen molar-refractivity contribution in [3.63, 3.8) is 0 Å². The number of amides is 1.